The molecule has 2 heterocycles. The van der Waals surface area contributed by atoms with Crippen LogP contribution in [0.25, 0.3) is 11.0 Å². The van der Waals surface area contributed by atoms with Crippen LogP contribution in [-0.4, -0.2) is 64.6 Å². The molecule has 0 aliphatic carbocycles. The highest BCUT2D eigenvalue weighted by Gasteiger charge is 2.20. The van der Waals surface area contributed by atoms with Crippen molar-refractivity contribution < 1.29 is 18.7 Å². The highest BCUT2D eigenvalue weighted by Crippen LogP contribution is 2.19. The van der Waals surface area contributed by atoms with Crippen molar-refractivity contribution in [2.24, 2.45) is 0 Å². The summed E-state index contributed by atoms with van der Waals surface area (Å²) in [6, 6.07) is 20.8. The number of fused-ring (bicyclic) bond motifs is 1. The maximum absolute atomic E-state index is 13.4. The molecule has 0 atom stereocenters. The lowest BCUT2D eigenvalue weighted by Gasteiger charge is -2.29. The third kappa shape index (κ3) is 6.10. The molecule has 37 heavy (non-hydrogen) atoms. The molecule has 2 amide bonds. The molecule has 1 aliphatic heterocycles. The fourth-order valence-electron chi connectivity index (χ4n) is 4.26. The Morgan fingerprint density at radius 3 is 2.46 bits per heavy atom. The third-order valence-corrected chi connectivity index (χ3v) is 6.21. The maximum Gasteiger partial charge on any atom is 0.245 e. The van der Waals surface area contributed by atoms with E-state index in [1.165, 1.54) is 21.7 Å². The predicted octanol–water partition coefficient (Wildman–Crippen LogP) is 3.07. The molecule has 0 spiro atoms. The number of hydrogen-bond acceptors (Lipinski definition) is 6. The molecule has 3 aromatic carbocycles. The third-order valence-electron chi connectivity index (χ3n) is 6.21. The van der Waals surface area contributed by atoms with Crippen LogP contribution in [0.4, 0.5) is 15.8 Å². The smallest absolute Gasteiger partial charge is 0.245 e. The maximum atomic E-state index is 13.4. The van der Waals surface area contributed by atoms with E-state index in [0.29, 0.717) is 30.0 Å². The largest absolute Gasteiger partial charge is 0.378 e. The van der Waals surface area contributed by atoms with Crippen molar-refractivity contribution in [3.8, 4) is 0 Å². The van der Waals surface area contributed by atoms with Crippen LogP contribution in [-0.2, 0) is 27.4 Å². The van der Waals surface area contributed by atoms with Gasteiger partial charge in [0.1, 0.15) is 24.4 Å². The zero-order chi connectivity index (χ0) is 25.6. The number of halogens is 1. The van der Waals surface area contributed by atoms with E-state index in [9.17, 15) is 14.0 Å². The predicted molar refractivity (Wildman–Crippen MR) is 137 cm³/mol. The van der Waals surface area contributed by atoms with Gasteiger partial charge in [-0.05, 0) is 54.1 Å². The van der Waals surface area contributed by atoms with Gasteiger partial charge in [0.05, 0.1) is 18.7 Å². The monoisotopic (exact) mass is 502 g/mol. The van der Waals surface area contributed by atoms with Gasteiger partial charge in [-0.1, -0.05) is 29.5 Å². The van der Waals surface area contributed by atoms with E-state index in [0.717, 1.165) is 24.3 Å². The van der Waals surface area contributed by atoms with E-state index in [-0.39, 0.29) is 37.3 Å². The lowest BCUT2D eigenvalue weighted by molar-refractivity contribution is -0.136. The second-order valence-electron chi connectivity index (χ2n) is 8.81. The standard InChI is InChI=1S/C27H27FN6O3/c28-21-7-5-20(6-8-21)17-33(27(36)19-34-25-4-2-1-3-24(25)30-31-34)18-26(35)29-22-9-11-23(12-10-22)32-13-15-37-16-14-32/h1-12H,13-19H2,(H,29,35). The summed E-state index contributed by atoms with van der Waals surface area (Å²) >= 11 is 0. The molecule has 0 unspecified atom stereocenters. The van der Waals surface area contributed by atoms with Crippen molar-refractivity contribution in [3.05, 3.63) is 84.2 Å². The van der Waals surface area contributed by atoms with Crippen molar-refractivity contribution in [1.82, 2.24) is 19.9 Å². The minimum Gasteiger partial charge on any atom is -0.378 e. The lowest BCUT2D eigenvalue weighted by Crippen LogP contribution is -2.39. The Morgan fingerprint density at radius 2 is 1.70 bits per heavy atom. The van der Waals surface area contributed by atoms with Gasteiger partial charge in [0.2, 0.25) is 11.8 Å². The van der Waals surface area contributed by atoms with E-state index >= 15 is 0 Å². The van der Waals surface area contributed by atoms with Gasteiger partial charge in [-0.15, -0.1) is 5.10 Å². The number of carbonyl (C=O) groups is 2. The highest BCUT2D eigenvalue weighted by atomic mass is 19.1. The number of benzene rings is 3. The summed E-state index contributed by atoms with van der Waals surface area (Å²) in [5, 5.41) is 11.1. The van der Waals surface area contributed by atoms with Crippen LogP contribution >= 0.6 is 0 Å². The SMILES string of the molecule is O=C(CN(Cc1ccc(F)cc1)C(=O)Cn1nnc2ccccc21)Nc1ccc(N2CCOCC2)cc1. The Morgan fingerprint density at radius 1 is 0.973 bits per heavy atom. The Hall–Kier alpha value is -4.31. The number of hydrogen-bond donors (Lipinski definition) is 1. The lowest BCUT2D eigenvalue weighted by atomic mass is 10.2. The first-order chi connectivity index (χ1) is 18.0. The van der Waals surface area contributed by atoms with Crippen molar-refractivity contribution >= 4 is 34.2 Å². The first kappa shape index (κ1) is 24.4. The molecule has 0 saturated carbocycles. The Bertz CT molecular complexity index is 1370. The molecule has 190 valence electrons. The summed E-state index contributed by atoms with van der Waals surface area (Å²) in [6.07, 6.45) is 0. The number of nitrogens with zero attached hydrogens (tertiary/aromatic N) is 5. The number of ether oxygens (including phenoxy) is 1. The Balaban J connectivity index is 1.28. The fraction of sp³-hybridized carbons (Fsp3) is 0.259. The Kier molecular flexibility index (Phi) is 7.36. The second-order valence-corrected chi connectivity index (χ2v) is 8.81. The van der Waals surface area contributed by atoms with Crippen molar-refractivity contribution in [2.45, 2.75) is 13.1 Å². The molecular weight excluding hydrogens is 475 g/mol. The molecule has 0 bridgehead atoms. The average molecular weight is 503 g/mol. The van der Waals surface area contributed by atoms with Crippen molar-refractivity contribution in [3.63, 3.8) is 0 Å². The number of para-hydroxylation sites is 1. The number of carbonyl (C=O) groups excluding carboxylic acids is 2. The number of anilines is 2. The average Bonchev–Trinajstić information content (AvgIpc) is 3.33. The summed E-state index contributed by atoms with van der Waals surface area (Å²) in [4.78, 5) is 29.9. The van der Waals surface area contributed by atoms with Gasteiger partial charge in [0.15, 0.2) is 0 Å². The minimum atomic E-state index is -0.367. The van der Waals surface area contributed by atoms with E-state index in [1.807, 2.05) is 48.5 Å². The van der Waals surface area contributed by atoms with Crippen molar-refractivity contribution in [2.75, 3.05) is 43.1 Å². The summed E-state index contributed by atoms with van der Waals surface area (Å²) in [7, 11) is 0. The second kappa shape index (κ2) is 11.2. The van der Waals surface area contributed by atoms with Gasteiger partial charge in [0.25, 0.3) is 0 Å². The molecule has 1 saturated heterocycles. The van der Waals surface area contributed by atoms with Crippen LogP contribution < -0.4 is 10.2 Å². The van der Waals surface area contributed by atoms with Gasteiger partial charge in [-0.3, -0.25) is 9.59 Å². The van der Waals surface area contributed by atoms with Crippen LogP contribution in [0, 0.1) is 5.82 Å². The normalized spacial score (nSPS) is 13.5. The molecule has 9 nitrogen and oxygen atoms in total. The molecule has 1 fully saturated rings. The van der Waals surface area contributed by atoms with Gasteiger partial charge < -0.3 is 19.9 Å². The molecule has 1 N–H and O–H groups in total. The first-order valence-electron chi connectivity index (χ1n) is 12.1. The van der Waals surface area contributed by atoms with Crippen LogP contribution in [0.2, 0.25) is 0 Å². The summed E-state index contributed by atoms with van der Waals surface area (Å²) in [5.41, 5.74) is 3.81. The van der Waals surface area contributed by atoms with Gasteiger partial charge >= 0.3 is 0 Å². The van der Waals surface area contributed by atoms with Crippen molar-refractivity contribution in [1.29, 1.82) is 0 Å². The summed E-state index contributed by atoms with van der Waals surface area (Å²) in [5.74, 6) is -1.01. The van der Waals surface area contributed by atoms with E-state index in [2.05, 4.69) is 20.5 Å². The topological polar surface area (TPSA) is 92.6 Å². The zero-order valence-electron chi connectivity index (χ0n) is 20.2. The van der Waals surface area contributed by atoms with Gasteiger partial charge in [-0.2, -0.15) is 0 Å². The summed E-state index contributed by atoms with van der Waals surface area (Å²) < 4.78 is 20.3. The molecule has 0 radical (unpaired) electrons. The van der Waals surface area contributed by atoms with Crippen LogP contribution in [0.15, 0.2) is 72.8 Å². The van der Waals surface area contributed by atoms with Gasteiger partial charge in [0, 0.05) is 31.0 Å². The molecule has 1 aliphatic rings. The highest BCUT2D eigenvalue weighted by molar-refractivity contribution is 5.94. The van der Waals surface area contributed by atoms with Crippen LogP contribution in [0.1, 0.15) is 5.56 Å². The van der Waals surface area contributed by atoms with Crippen LogP contribution in [0.3, 0.4) is 0 Å². The number of rotatable bonds is 8. The zero-order valence-corrected chi connectivity index (χ0v) is 20.2. The van der Waals surface area contributed by atoms with E-state index in [4.69, 9.17) is 4.74 Å². The minimum absolute atomic E-state index is 0.0801. The van der Waals surface area contributed by atoms with Crippen LogP contribution in [0.5, 0.6) is 0 Å². The molecule has 4 aromatic rings. The Labute approximate surface area is 213 Å². The quantitative estimate of drug-likeness (QED) is 0.398. The summed E-state index contributed by atoms with van der Waals surface area (Å²) in [6.45, 7) is 2.94. The number of morpholine rings is 1. The molecular formula is C27H27FN6O3. The number of aromatic nitrogens is 3. The number of nitrogens with one attached hydrogen (secondary N) is 1. The number of amides is 2. The van der Waals surface area contributed by atoms with Gasteiger partial charge in [-0.25, -0.2) is 9.07 Å². The van der Waals surface area contributed by atoms with E-state index in [1.54, 1.807) is 12.1 Å². The van der Waals surface area contributed by atoms with E-state index < -0.39 is 0 Å². The molecule has 10 heteroatoms. The fourth-order valence-corrected chi connectivity index (χ4v) is 4.26. The first-order valence-corrected chi connectivity index (χ1v) is 12.1. The molecule has 1 aromatic heterocycles. The molecule has 5 rings (SSSR count).